The van der Waals surface area contributed by atoms with Crippen molar-refractivity contribution in [1.29, 1.82) is 5.26 Å². The van der Waals surface area contributed by atoms with Crippen LogP contribution in [-0.4, -0.2) is 37.8 Å². The van der Waals surface area contributed by atoms with Crippen LogP contribution in [0.1, 0.15) is 35.1 Å². The van der Waals surface area contributed by atoms with Crippen LogP contribution in [0.4, 0.5) is 5.69 Å². The van der Waals surface area contributed by atoms with Crippen LogP contribution < -0.4 is 20.5 Å². The Morgan fingerprint density at radius 2 is 2.16 bits per heavy atom. The second-order valence-electron chi connectivity index (χ2n) is 7.78. The number of methoxy groups -OCH3 is 1. The van der Waals surface area contributed by atoms with Crippen molar-refractivity contribution in [2.75, 3.05) is 32.2 Å². The van der Waals surface area contributed by atoms with Crippen molar-refractivity contribution >= 4 is 11.6 Å². The van der Waals surface area contributed by atoms with E-state index in [0.717, 1.165) is 16.8 Å². The lowest BCUT2D eigenvalue weighted by Crippen LogP contribution is -2.33. The van der Waals surface area contributed by atoms with Gasteiger partial charge < -0.3 is 25.3 Å². The number of anilines is 1. The lowest BCUT2D eigenvalue weighted by molar-refractivity contribution is -0.114. The second kappa shape index (κ2) is 8.28. The highest BCUT2D eigenvalue weighted by Gasteiger charge is 2.37. The molecule has 1 aromatic carbocycles. The highest BCUT2D eigenvalue weighted by atomic mass is 16.5. The molecule has 4 rings (SSSR count). The molecule has 8 heteroatoms. The Kier molecular flexibility index (Phi) is 5.53. The van der Waals surface area contributed by atoms with Crippen LogP contribution in [0, 0.1) is 24.2 Å². The number of nitrogens with two attached hydrogens (primary N) is 1. The number of hydrogen-bond acceptors (Lipinski definition) is 7. The van der Waals surface area contributed by atoms with Crippen LogP contribution in [0.3, 0.4) is 0 Å². The lowest BCUT2D eigenvalue weighted by Gasteiger charge is -2.33. The molecule has 8 nitrogen and oxygen atoms in total. The van der Waals surface area contributed by atoms with E-state index in [1.54, 1.807) is 24.4 Å². The number of pyridine rings is 1. The first kappa shape index (κ1) is 20.7. The summed E-state index contributed by atoms with van der Waals surface area (Å²) >= 11 is 0. The van der Waals surface area contributed by atoms with Crippen molar-refractivity contribution in [2.24, 2.45) is 11.7 Å². The number of allylic oxidation sites excluding steroid dienone is 1. The topological polar surface area (TPSA) is 119 Å². The molecule has 160 valence electrons. The van der Waals surface area contributed by atoms with Crippen LogP contribution in [0.25, 0.3) is 0 Å². The third-order valence-electron chi connectivity index (χ3n) is 5.67. The maximum absolute atomic E-state index is 12.6. The number of amides is 1. The van der Waals surface area contributed by atoms with Crippen molar-refractivity contribution in [3.63, 3.8) is 0 Å². The Labute approximate surface area is 180 Å². The van der Waals surface area contributed by atoms with Gasteiger partial charge in [-0.15, -0.1) is 0 Å². The number of benzene rings is 1. The molecule has 1 aromatic heterocycles. The van der Waals surface area contributed by atoms with E-state index < -0.39 is 11.8 Å². The maximum Gasteiger partial charge on any atom is 0.247 e. The van der Waals surface area contributed by atoms with Crippen LogP contribution in [-0.2, 0) is 9.53 Å². The molecule has 1 saturated heterocycles. The Morgan fingerprint density at radius 3 is 2.77 bits per heavy atom. The number of rotatable bonds is 6. The molecule has 0 aliphatic carbocycles. The van der Waals surface area contributed by atoms with E-state index in [9.17, 15) is 10.1 Å². The highest BCUT2D eigenvalue weighted by molar-refractivity contribution is 5.98. The zero-order valence-corrected chi connectivity index (χ0v) is 17.7. The van der Waals surface area contributed by atoms with E-state index >= 15 is 0 Å². The smallest absolute Gasteiger partial charge is 0.247 e. The number of hydrogen-bond donors (Lipinski definition) is 2. The summed E-state index contributed by atoms with van der Waals surface area (Å²) in [5.74, 6) is 0.125. The van der Waals surface area contributed by atoms with Gasteiger partial charge in [0.15, 0.2) is 0 Å². The third-order valence-corrected chi connectivity index (χ3v) is 5.67. The Hall–Kier alpha value is -3.57. The largest absolute Gasteiger partial charge is 0.496 e. The summed E-state index contributed by atoms with van der Waals surface area (Å²) in [4.78, 5) is 17.1. The Balaban J connectivity index is 1.91. The predicted octanol–water partition coefficient (Wildman–Crippen LogP) is 2.61. The molecule has 2 aromatic rings. The fourth-order valence-corrected chi connectivity index (χ4v) is 4.01. The average molecular weight is 420 g/mol. The lowest BCUT2D eigenvalue weighted by atomic mass is 9.79. The molecule has 0 bridgehead atoms. The van der Waals surface area contributed by atoms with Gasteiger partial charge in [-0.1, -0.05) is 6.07 Å². The summed E-state index contributed by atoms with van der Waals surface area (Å²) in [5, 5.41) is 12.6. The number of carbonyl (C=O) groups is 1. The minimum Gasteiger partial charge on any atom is -0.496 e. The van der Waals surface area contributed by atoms with Crippen molar-refractivity contribution in [2.45, 2.75) is 19.8 Å². The monoisotopic (exact) mass is 420 g/mol. The van der Waals surface area contributed by atoms with Gasteiger partial charge in [0.1, 0.15) is 5.75 Å². The number of primary amides is 1. The number of aromatic nitrogens is 1. The van der Waals surface area contributed by atoms with E-state index in [0.29, 0.717) is 59.8 Å². The number of nitriles is 1. The molecule has 0 saturated carbocycles. The first-order chi connectivity index (χ1) is 14.9. The minimum atomic E-state index is -0.559. The predicted molar refractivity (Wildman–Crippen MR) is 114 cm³/mol. The van der Waals surface area contributed by atoms with Crippen LogP contribution in [0.5, 0.6) is 11.6 Å². The third kappa shape index (κ3) is 3.68. The van der Waals surface area contributed by atoms with Crippen molar-refractivity contribution in [3.05, 3.63) is 57.9 Å². The van der Waals surface area contributed by atoms with E-state index in [1.807, 2.05) is 13.8 Å². The fourth-order valence-electron chi connectivity index (χ4n) is 4.01. The first-order valence-corrected chi connectivity index (χ1v) is 10.00. The molecule has 0 radical (unpaired) electrons. The maximum atomic E-state index is 12.6. The number of ether oxygens (including phenoxy) is 3. The van der Waals surface area contributed by atoms with Gasteiger partial charge in [0.2, 0.25) is 11.8 Å². The normalized spacial score (nSPS) is 17.8. The number of nitrogens with zero attached hydrogens (tertiary/aromatic N) is 2. The number of aryl methyl sites for hydroxylation is 1. The molecule has 1 atom stereocenters. The SMILES string of the molecule is COc1cc(C#N)ccc1[C@H]1C(C(N)=O)=C(C)Nc2c(C)cnc(OCC3COC3)c21. The van der Waals surface area contributed by atoms with Crippen LogP contribution >= 0.6 is 0 Å². The van der Waals surface area contributed by atoms with Gasteiger partial charge in [0.05, 0.1) is 55.7 Å². The minimum absolute atomic E-state index is 0.311. The molecule has 31 heavy (non-hydrogen) atoms. The summed E-state index contributed by atoms with van der Waals surface area (Å²) in [6.45, 7) is 5.54. The van der Waals surface area contributed by atoms with Gasteiger partial charge >= 0.3 is 0 Å². The highest BCUT2D eigenvalue weighted by Crippen LogP contribution is 2.48. The number of carbonyl (C=O) groups excluding carboxylic acids is 1. The van der Waals surface area contributed by atoms with E-state index in [4.69, 9.17) is 19.9 Å². The summed E-state index contributed by atoms with van der Waals surface area (Å²) < 4.78 is 16.9. The summed E-state index contributed by atoms with van der Waals surface area (Å²) in [6, 6.07) is 7.26. The van der Waals surface area contributed by atoms with E-state index in [1.165, 1.54) is 7.11 Å². The molecule has 2 aliphatic rings. The fraction of sp³-hybridized carbons (Fsp3) is 0.348. The van der Waals surface area contributed by atoms with E-state index in [-0.39, 0.29) is 0 Å². The van der Waals surface area contributed by atoms with Crippen LogP contribution in [0.2, 0.25) is 0 Å². The van der Waals surface area contributed by atoms with Crippen molar-refractivity contribution in [1.82, 2.24) is 4.98 Å². The summed E-state index contributed by atoms with van der Waals surface area (Å²) in [7, 11) is 1.53. The molecule has 3 heterocycles. The second-order valence-corrected chi connectivity index (χ2v) is 7.78. The molecule has 3 N–H and O–H groups in total. The zero-order chi connectivity index (χ0) is 22.1. The van der Waals surface area contributed by atoms with Gasteiger partial charge in [-0.3, -0.25) is 4.79 Å². The van der Waals surface area contributed by atoms with Crippen molar-refractivity contribution < 1.29 is 19.0 Å². The Morgan fingerprint density at radius 1 is 1.39 bits per heavy atom. The molecular formula is C23H24N4O4. The number of fused-ring (bicyclic) bond motifs is 1. The zero-order valence-electron chi connectivity index (χ0n) is 17.7. The molecule has 0 unspecified atom stereocenters. The molecule has 1 fully saturated rings. The molecule has 2 aliphatic heterocycles. The molecule has 1 amide bonds. The summed E-state index contributed by atoms with van der Waals surface area (Å²) in [6.07, 6.45) is 1.74. The molecule has 0 spiro atoms. The Bertz CT molecular complexity index is 1120. The van der Waals surface area contributed by atoms with Crippen LogP contribution in [0.15, 0.2) is 35.7 Å². The van der Waals surface area contributed by atoms with Crippen molar-refractivity contribution in [3.8, 4) is 17.7 Å². The number of nitrogens with one attached hydrogen (secondary N) is 1. The first-order valence-electron chi connectivity index (χ1n) is 10.00. The van der Waals surface area contributed by atoms with Gasteiger partial charge in [0.25, 0.3) is 0 Å². The summed E-state index contributed by atoms with van der Waals surface area (Å²) in [5.41, 5.74) is 10.5. The van der Waals surface area contributed by atoms with Gasteiger partial charge in [-0.05, 0) is 31.5 Å². The van der Waals surface area contributed by atoms with Gasteiger partial charge in [0, 0.05) is 28.9 Å². The average Bonchev–Trinajstić information content (AvgIpc) is 2.72. The van der Waals surface area contributed by atoms with E-state index in [2.05, 4.69) is 16.4 Å². The standard InChI is InChI=1S/C23H24N4O4/c1-12-8-26-23(31-11-15-9-30-10-15)20-19(18(22(25)28)13(2)27-21(12)20)16-5-4-14(7-24)6-17(16)29-3/h4-6,8,15,19,27H,9-11H2,1-3H3,(H2,25,28)/t19-/m0/s1. The quantitative estimate of drug-likeness (QED) is 0.737. The van der Waals surface area contributed by atoms with Gasteiger partial charge in [-0.2, -0.15) is 5.26 Å². The van der Waals surface area contributed by atoms with Gasteiger partial charge in [-0.25, -0.2) is 4.98 Å². The molecular weight excluding hydrogens is 396 g/mol.